The van der Waals surface area contributed by atoms with Gasteiger partial charge in [0.25, 0.3) is 11.8 Å². The van der Waals surface area contributed by atoms with Crippen LogP contribution in [0.5, 0.6) is 0 Å². The summed E-state index contributed by atoms with van der Waals surface area (Å²) in [5.41, 5.74) is 3.07. The zero-order valence-corrected chi connectivity index (χ0v) is 21.2. The number of carbonyl (C=O) groups is 3. The van der Waals surface area contributed by atoms with E-state index in [9.17, 15) is 14.4 Å². The summed E-state index contributed by atoms with van der Waals surface area (Å²) in [6.45, 7) is 6.53. The highest BCUT2D eigenvalue weighted by atomic mass is 16.2. The van der Waals surface area contributed by atoms with Crippen LogP contribution >= 0.6 is 0 Å². The lowest BCUT2D eigenvalue weighted by atomic mass is 9.89. The fourth-order valence-electron chi connectivity index (χ4n) is 5.20. The van der Waals surface area contributed by atoms with Crippen LogP contribution in [0.15, 0.2) is 18.3 Å². The van der Waals surface area contributed by atoms with E-state index >= 15 is 0 Å². The van der Waals surface area contributed by atoms with Gasteiger partial charge in [-0.25, -0.2) is 0 Å². The van der Waals surface area contributed by atoms with Gasteiger partial charge in [0.2, 0.25) is 5.91 Å². The van der Waals surface area contributed by atoms with Crippen LogP contribution in [0.1, 0.15) is 78.2 Å². The van der Waals surface area contributed by atoms with Crippen molar-refractivity contribution in [2.75, 3.05) is 26.2 Å². The average Bonchev–Trinajstić information content (AvgIpc) is 3.48. The van der Waals surface area contributed by atoms with Crippen molar-refractivity contribution in [2.45, 2.75) is 64.8 Å². The predicted molar refractivity (Wildman–Crippen MR) is 133 cm³/mol. The third kappa shape index (κ3) is 5.77. The van der Waals surface area contributed by atoms with Gasteiger partial charge in [0.15, 0.2) is 5.69 Å². The monoisotopic (exact) mass is 482 g/mol. The molecule has 190 valence electrons. The zero-order valence-electron chi connectivity index (χ0n) is 21.2. The largest absolute Gasteiger partial charge is 0.357 e. The standard InChI is InChI=1S/C26H38N6O3/c1-18(2)11-16-32-19-9-10-22-20(17-19)24(29-30(22)3)25(34)28-13-6-15-31(14-5-8-23(32)33)26(35)21-7-4-12-27-21/h4,7,12,18-19,27H,5-6,8-11,13-17H2,1-3H3,(H,28,34). The molecule has 0 saturated carbocycles. The molecule has 0 saturated heterocycles. The Hall–Kier alpha value is -3.10. The number of fused-ring (bicyclic) bond motifs is 1. The third-order valence-corrected chi connectivity index (χ3v) is 7.18. The summed E-state index contributed by atoms with van der Waals surface area (Å²) in [5, 5.41) is 7.55. The second-order valence-electron chi connectivity index (χ2n) is 10.2. The normalized spacial score (nSPS) is 19.9. The van der Waals surface area contributed by atoms with E-state index in [1.54, 1.807) is 23.2 Å². The highest BCUT2D eigenvalue weighted by Crippen LogP contribution is 2.28. The number of amides is 3. The van der Waals surface area contributed by atoms with Gasteiger partial charge in [-0.15, -0.1) is 0 Å². The quantitative estimate of drug-likeness (QED) is 0.699. The summed E-state index contributed by atoms with van der Waals surface area (Å²) < 4.78 is 1.82. The molecule has 1 unspecified atom stereocenters. The molecule has 1 atom stereocenters. The van der Waals surface area contributed by atoms with E-state index in [4.69, 9.17) is 0 Å². The molecule has 3 heterocycles. The molecule has 2 bridgehead atoms. The molecule has 2 N–H and O–H groups in total. The number of nitrogens with one attached hydrogen (secondary N) is 2. The average molecular weight is 483 g/mol. The number of hydrogen-bond donors (Lipinski definition) is 2. The Bertz CT molecular complexity index is 1040. The van der Waals surface area contributed by atoms with Crippen molar-refractivity contribution in [2.24, 2.45) is 13.0 Å². The van der Waals surface area contributed by atoms with E-state index in [-0.39, 0.29) is 23.8 Å². The SMILES string of the molecule is CC(C)CCN1C(=O)CCCN(C(=O)c2ccc[nH]2)CCCNC(=O)c2nn(C)c3c2CC1CC3. The van der Waals surface area contributed by atoms with Crippen LogP contribution in [0.25, 0.3) is 0 Å². The first kappa shape index (κ1) is 25.0. The van der Waals surface area contributed by atoms with Gasteiger partial charge < -0.3 is 20.1 Å². The van der Waals surface area contributed by atoms with Gasteiger partial charge in [0, 0.05) is 63.1 Å². The number of aromatic nitrogens is 3. The van der Waals surface area contributed by atoms with Gasteiger partial charge in [0.05, 0.1) is 0 Å². The number of H-pyrrole nitrogens is 1. The Labute approximate surface area is 207 Å². The first-order valence-corrected chi connectivity index (χ1v) is 12.9. The highest BCUT2D eigenvalue weighted by molar-refractivity contribution is 5.94. The number of aromatic amines is 1. The second kappa shape index (κ2) is 11.1. The topological polar surface area (TPSA) is 103 Å². The summed E-state index contributed by atoms with van der Waals surface area (Å²) in [4.78, 5) is 46.3. The molecule has 1 aliphatic heterocycles. The van der Waals surface area contributed by atoms with E-state index in [2.05, 4.69) is 29.2 Å². The fourth-order valence-corrected chi connectivity index (χ4v) is 5.20. The minimum absolute atomic E-state index is 0.0614. The first-order chi connectivity index (χ1) is 16.8. The van der Waals surface area contributed by atoms with E-state index in [0.717, 1.165) is 30.5 Å². The molecule has 2 aromatic rings. The van der Waals surface area contributed by atoms with E-state index in [1.807, 2.05) is 16.6 Å². The van der Waals surface area contributed by atoms with Crippen LogP contribution in [0.2, 0.25) is 0 Å². The number of nitrogens with zero attached hydrogens (tertiary/aromatic N) is 4. The van der Waals surface area contributed by atoms with E-state index in [1.165, 1.54) is 0 Å². The molecular formula is C26H38N6O3. The van der Waals surface area contributed by atoms with Gasteiger partial charge in [-0.2, -0.15) is 5.10 Å². The van der Waals surface area contributed by atoms with E-state index < -0.39 is 0 Å². The molecule has 3 amide bonds. The van der Waals surface area contributed by atoms with Gasteiger partial charge in [0.1, 0.15) is 5.69 Å². The number of aryl methyl sites for hydroxylation is 1. The summed E-state index contributed by atoms with van der Waals surface area (Å²) in [6, 6.07) is 3.63. The molecule has 2 aromatic heterocycles. The van der Waals surface area contributed by atoms with Crippen LogP contribution < -0.4 is 5.32 Å². The maximum absolute atomic E-state index is 13.5. The second-order valence-corrected chi connectivity index (χ2v) is 10.2. The molecule has 0 aromatic carbocycles. The zero-order chi connectivity index (χ0) is 24.9. The number of rotatable bonds is 4. The molecule has 9 nitrogen and oxygen atoms in total. The van der Waals surface area contributed by atoms with Crippen molar-refractivity contribution in [1.29, 1.82) is 0 Å². The molecular weight excluding hydrogens is 444 g/mol. The van der Waals surface area contributed by atoms with Crippen molar-refractivity contribution in [1.82, 2.24) is 29.9 Å². The summed E-state index contributed by atoms with van der Waals surface area (Å²) in [5.74, 6) is 0.366. The van der Waals surface area contributed by atoms with Crippen LogP contribution in [-0.4, -0.2) is 74.5 Å². The molecule has 9 heteroatoms. The van der Waals surface area contributed by atoms with E-state index in [0.29, 0.717) is 69.2 Å². The summed E-state index contributed by atoms with van der Waals surface area (Å²) >= 11 is 0. The number of carbonyl (C=O) groups excluding carboxylic acids is 3. The lowest BCUT2D eigenvalue weighted by Crippen LogP contribution is -2.45. The van der Waals surface area contributed by atoms with Crippen molar-refractivity contribution < 1.29 is 14.4 Å². The number of hydrogen-bond acceptors (Lipinski definition) is 4. The molecule has 2 aliphatic rings. The summed E-state index contributed by atoms with van der Waals surface area (Å²) in [7, 11) is 1.89. The lowest BCUT2D eigenvalue weighted by Gasteiger charge is -2.35. The minimum Gasteiger partial charge on any atom is -0.357 e. The Morgan fingerprint density at radius 3 is 2.74 bits per heavy atom. The molecule has 0 spiro atoms. The van der Waals surface area contributed by atoms with Gasteiger partial charge in [-0.3, -0.25) is 19.1 Å². The maximum Gasteiger partial charge on any atom is 0.272 e. The van der Waals surface area contributed by atoms with Crippen molar-refractivity contribution in [3.05, 3.63) is 41.0 Å². The maximum atomic E-state index is 13.5. The van der Waals surface area contributed by atoms with Crippen molar-refractivity contribution in [3.8, 4) is 0 Å². The minimum atomic E-state index is -0.181. The Morgan fingerprint density at radius 2 is 2.00 bits per heavy atom. The van der Waals surface area contributed by atoms with Gasteiger partial charge in [-0.1, -0.05) is 13.8 Å². The lowest BCUT2D eigenvalue weighted by molar-refractivity contribution is -0.134. The van der Waals surface area contributed by atoms with Gasteiger partial charge >= 0.3 is 0 Å². The van der Waals surface area contributed by atoms with Crippen LogP contribution in [0, 0.1) is 5.92 Å². The fraction of sp³-hybridized carbons (Fsp3) is 0.615. The smallest absolute Gasteiger partial charge is 0.272 e. The van der Waals surface area contributed by atoms with Crippen LogP contribution in [0.3, 0.4) is 0 Å². The molecule has 4 rings (SSSR count). The Kier molecular flexibility index (Phi) is 7.93. The van der Waals surface area contributed by atoms with Gasteiger partial charge in [-0.05, 0) is 56.6 Å². The highest BCUT2D eigenvalue weighted by Gasteiger charge is 2.33. The summed E-state index contributed by atoms with van der Waals surface area (Å²) in [6.07, 6.45) is 6.66. The van der Waals surface area contributed by atoms with Crippen LogP contribution in [-0.2, 0) is 24.7 Å². The molecule has 35 heavy (non-hydrogen) atoms. The third-order valence-electron chi connectivity index (χ3n) is 7.18. The molecule has 0 fully saturated rings. The van der Waals surface area contributed by atoms with Crippen molar-refractivity contribution >= 4 is 17.7 Å². The van der Waals surface area contributed by atoms with Crippen LogP contribution in [0.4, 0.5) is 0 Å². The molecule has 0 radical (unpaired) electrons. The first-order valence-electron chi connectivity index (χ1n) is 12.9. The Balaban J connectivity index is 1.59. The van der Waals surface area contributed by atoms with Crippen molar-refractivity contribution in [3.63, 3.8) is 0 Å². The Morgan fingerprint density at radius 1 is 1.20 bits per heavy atom. The molecule has 1 aliphatic carbocycles. The predicted octanol–water partition coefficient (Wildman–Crippen LogP) is 2.54.